The van der Waals surface area contributed by atoms with Crippen molar-refractivity contribution in [2.24, 2.45) is 0 Å². The molecule has 0 heterocycles. The fourth-order valence-corrected chi connectivity index (χ4v) is 5.09. The van der Waals surface area contributed by atoms with Crippen LogP contribution in [0, 0.1) is 0 Å². The topological polar surface area (TPSA) is 86.8 Å². The Morgan fingerprint density at radius 3 is 2.14 bits per heavy atom. The van der Waals surface area contributed by atoms with Crippen LogP contribution in [0.1, 0.15) is 18.1 Å². The lowest BCUT2D eigenvalue weighted by molar-refractivity contribution is -0.140. The summed E-state index contributed by atoms with van der Waals surface area (Å²) in [5.74, 6) is -0.869. The van der Waals surface area contributed by atoms with Crippen LogP contribution in [0.5, 0.6) is 0 Å². The Morgan fingerprint density at radius 1 is 0.892 bits per heavy atom. The van der Waals surface area contributed by atoms with Crippen molar-refractivity contribution in [1.82, 2.24) is 10.2 Å². The fourth-order valence-electron chi connectivity index (χ4n) is 3.90. The van der Waals surface area contributed by atoms with Gasteiger partial charge in [0.05, 0.1) is 11.9 Å². The van der Waals surface area contributed by atoms with E-state index in [1.807, 2.05) is 30.3 Å². The van der Waals surface area contributed by atoms with Crippen LogP contribution in [0.2, 0.25) is 10.0 Å². The highest BCUT2D eigenvalue weighted by molar-refractivity contribution is 7.92. The first-order valence-electron chi connectivity index (χ1n) is 11.7. The van der Waals surface area contributed by atoms with Crippen molar-refractivity contribution in [3.05, 3.63) is 100 Å². The van der Waals surface area contributed by atoms with Crippen molar-refractivity contribution in [3.8, 4) is 0 Å². The van der Waals surface area contributed by atoms with Gasteiger partial charge in [-0.1, -0.05) is 65.7 Å². The maximum Gasteiger partial charge on any atom is 0.244 e. The molecule has 0 aliphatic carbocycles. The van der Waals surface area contributed by atoms with Gasteiger partial charge >= 0.3 is 0 Å². The molecule has 3 rings (SSSR count). The highest BCUT2D eigenvalue weighted by Crippen LogP contribution is 2.22. The Morgan fingerprint density at radius 2 is 1.54 bits per heavy atom. The van der Waals surface area contributed by atoms with Gasteiger partial charge in [-0.2, -0.15) is 0 Å². The molecule has 0 aromatic heterocycles. The average molecular weight is 563 g/mol. The summed E-state index contributed by atoms with van der Waals surface area (Å²) in [6, 6.07) is 21.6. The minimum absolute atomic E-state index is 0.0618. The summed E-state index contributed by atoms with van der Waals surface area (Å²) >= 11 is 12.2. The van der Waals surface area contributed by atoms with E-state index in [4.69, 9.17) is 23.2 Å². The van der Waals surface area contributed by atoms with Crippen LogP contribution >= 0.6 is 23.2 Å². The van der Waals surface area contributed by atoms with Crippen LogP contribution < -0.4 is 9.62 Å². The zero-order valence-electron chi connectivity index (χ0n) is 20.6. The van der Waals surface area contributed by atoms with Gasteiger partial charge < -0.3 is 10.2 Å². The summed E-state index contributed by atoms with van der Waals surface area (Å²) in [5.41, 5.74) is 1.86. The zero-order valence-corrected chi connectivity index (χ0v) is 22.9. The molecule has 0 radical (unpaired) electrons. The number of amides is 2. The van der Waals surface area contributed by atoms with Gasteiger partial charge in [0.25, 0.3) is 0 Å². The summed E-state index contributed by atoms with van der Waals surface area (Å²) in [4.78, 5) is 28.5. The molecule has 196 valence electrons. The first-order valence-corrected chi connectivity index (χ1v) is 14.3. The number of carbonyl (C=O) groups excluding carboxylic acids is 2. The third kappa shape index (κ3) is 8.21. The lowest BCUT2D eigenvalue weighted by atomic mass is 10.0. The second-order valence-electron chi connectivity index (χ2n) is 8.50. The lowest BCUT2D eigenvalue weighted by Gasteiger charge is -2.33. The van der Waals surface area contributed by atoms with E-state index in [0.29, 0.717) is 27.8 Å². The number of halogens is 2. The normalized spacial score (nSPS) is 12.0. The quantitative estimate of drug-likeness (QED) is 0.372. The first kappa shape index (κ1) is 28.5. The number of hydrogen-bond acceptors (Lipinski definition) is 4. The van der Waals surface area contributed by atoms with E-state index in [1.54, 1.807) is 43.3 Å². The molecule has 0 saturated heterocycles. The Bertz CT molecular complexity index is 1320. The highest BCUT2D eigenvalue weighted by Gasteiger charge is 2.32. The van der Waals surface area contributed by atoms with E-state index < -0.39 is 28.5 Å². The first-order chi connectivity index (χ1) is 17.6. The van der Waals surface area contributed by atoms with Crippen LogP contribution in [0.25, 0.3) is 0 Å². The van der Waals surface area contributed by atoms with Gasteiger partial charge in [0.1, 0.15) is 12.6 Å². The molecule has 7 nitrogen and oxygen atoms in total. The molecule has 3 aromatic rings. The Kier molecular flexibility index (Phi) is 9.97. The molecule has 0 aliphatic heterocycles. The van der Waals surface area contributed by atoms with E-state index in [1.165, 1.54) is 17.0 Å². The summed E-state index contributed by atoms with van der Waals surface area (Å²) in [6.45, 7) is 1.74. The van der Waals surface area contributed by atoms with Crippen molar-refractivity contribution in [2.75, 3.05) is 23.7 Å². The van der Waals surface area contributed by atoms with Gasteiger partial charge in [-0.25, -0.2) is 8.42 Å². The number of hydrogen-bond donors (Lipinski definition) is 1. The second-order valence-corrected chi connectivity index (χ2v) is 11.3. The molecule has 0 fully saturated rings. The lowest BCUT2D eigenvalue weighted by Crippen LogP contribution is -2.53. The Labute approximate surface area is 228 Å². The van der Waals surface area contributed by atoms with Gasteiger partial charge in [0.2, 0.25) is 21.8 Å². The highest BCUT2D eigenvalue weighted by atomic mass is 35.5. The molecule has 0 unspecified atom stereocenters. The molecule has 37 heavy (non-hydrogen) atoms. The molecular formula is C27H29Cl2N3O4S. The van der Waals surface area contributed by atoms with Crippen LogP contribution in [-0.4, -0.2) is 50.5 Å². The number of nitrogens with one attached hydrogen (secondary N) is 1. The summed E-state index contributed by atoms with van der Waals surface area (Å²) in [6.07, 6.45) is 1.28. The number of carbonyl (C=O) groups is 2. The van der Waals surface area contributed by atoms with Crippen LogP contribution in [0.3, 0.4) is 0 Å². The minimum Gasteiger partial charge on any atom is -0.355 e. The van der Waals surface area contributed by atoms with Gasteiger partial charge in [0.15, 0.2) is 0 Å². The number of likely N-dealkylation sites (N-methyl/N-ethyl adjacent to an activating group) is 1. The largest absolute Gasteiger partial charge is 0.355 e. The van der Waals surface area contributed by atoms with Crippen molar-refractivity contribution < 1.29 is 18.0 Å². The molecule has 3 aromatic carbocycles. The van der Waals surface area contributed by atoms with Crippen molar-refractivity contribution in [2.45, 2.75) is 25.9 Å². The van der Waals surface area contributed by atoms with Crippen LogP contribution in [0.15, 0.2) is 78.9 Å². The predicted octanol–water partition coefficient (Wildman–Crippen LogP) is 4.54. The van der Waals surface area contributed by atoms with Crippen molar-refractivity contribution >= 4 is 50.7 Å². The molecule has 0 aliphatic rings. The summed E-state index contributed by atoms with van der Waals surface area (Å²) in [5, 5.41) is 3.74. The molecule has 1 N–H and O–H groups in total. The molecule has 0 bridgehead atoms. The molecule has 0 saturated carbocycles. The van der Waals surface area contributed by atoms with Crippen molar-refractivity contribution in [3.63, 3.8) is 0 Å². The fraction of sp³-hybridized carbons (Fsp3) is 0.259. The Balaban J connectivity index is 2.03. The van der Waals surface area contributed by atoms with Gasteiger partial charge in [0, 0.05) is 29.6 Å². The third-order valence-electron chi connectivity index (χ3n) is 5.66. The third-order valence-corrected chi connectivity index (χ3v) is 7.29. The average Bonchev–Trinajstić information content (AvgIpc) is 2.85. The van der Waals surface area contributed by atoms with E-state index in [2.05, 4.69) is 5.32 Å². The summed E-state index contributed by atoms with van der Waals surface area (Å²) in [7, 11) is -3.83. The number of benzene rings is 3. The maximum atomic E-state index is 13.9. The number of anilines is 1. The molecule has 1 atom stereocenters. The number of rotatable bonds is 11. The molecule has 0 spiro atoms. The maximum absolute atomic E-state index is 13.9. The SMILES string of the molecule is CCNC(=O)[C@@H](Cc1ccccc1)N(Cc1cccc(Cl)c1)C(=O)CN(c1ccc(Cl)cc1)S(C)(=O)=O. The standard InChI is InChI=1S/C27H29Cl2N3O4S/c1-3-30-27(34)25(17-20-8-5-4-6-9-20)31(18-21-10-7-11-23(29)16-21)26(33)19-32(37(2,35)36)24-14-12-22(28)13-15-24/h4-16,25H,3,17-19H2,1-2H3,(H,30,34)/t25-/m1/s1. The Hall–Kier alpha value is -3.07. The van der Waals surface area contributed by atoms with E-state index in [0.717, 1.165) is 16.1 Å². The molecule has 10 heteroatoms. The number of nitrogens with zero attached hydrogens (tertiary/aromatic N) is 2. The zero-order chi connectivity index (χ0) is 27.0. The predicted molar refractivity (Wildman–Crippen MR) is 148 cm³/mol. The minimum atomic E-state index is -3.83. The van der Waals surface area contributed by atoms with Gasteiger partial charge in [-0.3, -0.25) is 13.9 Å². The summed E-state index contributed by atoms with van der Waals surface area (Å²) < 4.78 is 26.4. The smallest absolute Gasteiger partial charge is 0.244 e. The van der Waals surface area contributed by atoms with Gasteiger partial charge in [-0.15, -0.1) is 0 Å². The van der Waals surface area contributed by atoms with E-state index in [-0.39, 0.29) is 18.9 Å². The molecule has 2 amide bonds. The number of sulfonamides is 1. The van der Waals surface area contributed by atoms with E-state index in [9.17, 15) is 18.0 Å². The van der Waals surface area contributed by atoms with Crippen LogP contribution in [0.4, 0.5) is 5.69 Å². The van der Waals surface area contributed by atoms with Crippen molar-refractivity contribution in [1.29, 1.82) is 0 Å². The second kappa shape index (κ2) is 12.9. The monoisotopic (exact) mass is 561 g/mol. The van der Waals surface area contributed by atoms with Gasteiger partial charge in [-0.05, 0) is 54.4 Å². The molecular weight excluding hydrogens is 533 g/mol. The van der Waals surface area contributed by atoms with Crippen LogP contribution in [-0.2, 0) is 32.6 Å². The van der Waals surface area contributed by atoms with E-state index >= 15 is 0 Å².